The van der Waals surface area contributed by atoms with Crippen molar-refractivity contribution < 1.29 is 0 Å². The monoisotopic (exact) mass is 209 g/mol. The van der Waals surface area contributed by atoms with E-state index in [1.54, 1.807) is 0 Å². The van der Waals surface area contributed by atoms with Crippen LogP contribution in [-0.4, -0.2) is 9.55 Å². The van der Waals surface area contributed by atoms with Crippen molar-refractivity contribution in [2.75, 3.05) is 5.73 Å². The molecule has 0 fully saturated rings. The van der Waals surface area contributed by atoms with Crippen LogP contribution in [-0.2, 0) is 13.5 Å². The summed E-state index contributed by atoms with van der Waals surface area (Å²) in [7, 11) is 2.01. The van der Waals surface area contributed by atoms with Crippen LogP contribution in [0.4, 0.5) is 5.82 Å². The average Bonchev–Trinajstić information content (AvgIpc) is 2.47. The van der Waals surface area contributed by atoms with Crippen molar-refractivity contribution >= 4 is 5.82 Å². The lowest BCUT2D eigenvalue weighted by atomic mass is 10.0. The number of nitrogen functional groups attached to an aromatic ring is 1. The van der Waals surface area contributed by atoms with Gasteiger partial charge in [-0.2, -0.15) is 0 Å². The van der Waals surface area contributed by atoms with Crippen LogP contribution in [0.3, 0.4) is 0 Å². The average molecular weight is 209 g/mol. The molecule has 86 valence electrons. The van der Waals surface area contributed by atoms with Gasteiger partial charge in [-0.25, -0.2) is 4.98 Å². The van der Waals surface area contributed by atoms with Gasteiger partial charge in [0.1, 0.15) is 11.6 Å². The van der Waals surface area contributed by atoms with Gasteiger partial charge in [0.05, 0.1) is 5.69 Å². The highest BCUT2D eigenvalue weighted by Crippen LogP contribution is 2.25. The Bertz CT molecular complexity index is 315. The zero-order chi connectivity index (χ0) is 11.4. The number of nitrogens with zero attached hydrogens (tertiary/aromatic N) is 2. The Kier molecular flexibility index (Phi) is 4.18. The van der Waals surface area contributed by atoms with Crippen molar-refractivity contribution in [3.8, 4) is 0 Å². The van der Waals surface area contributed by atoms with Gasteiger partial charge in [0.25, 0.3) is 0 Å². The highest BCUT2D eigenvalue weighted by Gasteiger charge is 2.16. The molecule has 0 amide bonds. The Morgan fingerprint density at radius 2 is 2.00 bits per heavy atom. The third-order valence-electron chi connectivity index (χ3n) is 2.92. The van der Waals surface area contributed by atoms with E-state index in [0.717, 1.165) is 36.6 Å². The molecule has 15 heavy (non-hydrogen) atoms. The SMILES string of the molecule is CCCc1nc(C(C)CCC)c(N)n1C. The summed E-state index contributed by atoms with van der Waals surface area (Å²) >= 11 is 0. The van der Waals surface area contributed by atoms with Gasteiger partial charge in [0.15, 0.2) is 0 Å². The number of nitrogens with two attached hydrogens (primary N) is 1. The molecule has 0 bridgehead atoms. The Hall–Kier alpha value is -0.990. The number of hydrogen-bond donors (Lipinski definition) is 1. The zero-order valence-corrected chi connectivity index (χ0v) is 10.4. The topological polar surface area (TPSA) is 43.8 Å². The lowest BCUT2D eigenvalue weighted by molar-refractivity contribution is 0.650. The van der Waals surface area contributed by atoms with Crippen LogP contribution in [0.2, 0.25) is 0 Å². The maximum Gasteiger partial charge on any atom is 0.126 e. The molecule has 0 spiro atoms. The molecule has 0 saturated heterocycles. The van der Waals surface area contributed by atoms with Crippen molar-refractivity contribution in [1.29, 1.82) is 0 Å². The summed E-state index contributed by atoms with van der Waals surface area (Å²) in [5, 5.41) is 0. The van der Waals surface area contributed by atoms with E-state index in [0.29, 0.717) is 5.92 Å². The van der Waals surface area contributed by atoms with Crippen LogP contribution in [0.1, 0.15) is 57.5 Å². The third kappa shape index (κ3) is 2.52. The minimum Gasteiger partial charge on any atom is -0.384 e. The van der Waals surface area contributed by atoms with Crippen LogP contribution >= 0.6 is 0 Å². The van der Waals surface area contributed by atoms with E-state index < -0.39 is 0 Å². The van der Waals surface area contributed by atoms with Crippen molar-refractivity contribution in [3.05, 3.63) is 11.5 Å². The molecule has 1 aromatic heterocycles. The Labute approximate surface area is 92.7 Å². The van der Waals surface area contributed by atoms with Crippen LogP contribution in [0.5, 0.6) is 0 Å². The molecule has 3 nitrogen and oxygen atoms in total. The number of anilines is 1. The van der Waals surface area contributed by atoms with Gasteiger partial charge in [-0.05, 0) is 12.8 Å². The Morgan fingerprint density at radius 3 is 2.53 bits per heavy atom. The molecule has 1 aromatic rings. The highest BCUT2D eigenvalue weighted by atomic mass is 15.1. The number of aryl methyl sites for hydroxylation is 1. The number of hydrogen-bond acceptors (Lipinski definition) is 2. The van der Waals surface area contributed by atoms with E-state index in [1.165, 1.54) is 6.42 Å². The molecule has 3 heteroatoms. The largest absolute Gasteiger partial charge is 0.384 e. The summed E-state index contributed by atoms with van der Waals surface area (Å²) in [5.74, 6) is 2.44. The van der Waals surface area contributed by atoms with Crippen LogP contribution in [0.25, 0.3) is 0 Å². The summed E-state index contributed by atoms with van der Waals surface area (Å²) in [4.78, 5) is 4.66. The summed E-state index contributed by atoms with van der Waals surface area (Å²) in [6, 6.07) is 0. The van der Waals surface area contributed by atoms with Gasteiger partial charge in [0, 0.05) is 19.4 Å². The molecular formula is C12H23N3. The van der Waals surface area contributed by atoms with E-state index in [9.17, 15) is 0 Å². The molecule has 0 aliphatic rings. The highest BCUT2D eigenvalue weighted by molar-refractivity contribution is 5.40. The van der Waals surface area contributed by atoms with E-state index in [-0.39, 0.29) is 0 Å². The van der Waals surface area contributed by atoms with E-state index in [4.69, 9.17) is 5.73 Å². The predicted octanol–water partition coefficient (Wildman–Crippen LogP) is 2.86. The van der Waals surface area contributed by atoms with Gasteiger partial charge in [-0.3, -0.25) is 0 Å². The summed E-state index contributed by atoms with van der Waals surface area (Å²) in [6.45, 7) is 6.57. The van der Waals surface area contributed by atoms with Crippen LogP contribution < -0.4 is 5.73 Å². The van der Waals surface area contributed by atoms with E-state index >= 15 is 0 Å². The lowest BCUT2D eigenvalue weighted by Gasteiger charge is -2.07. The normalized spacial score (nSPS) is 13.1. The molecule has 0 radical (unpaired) electrons. The van der Waals surface area contributed by atoms with E-state index in [2.05, 4.69) is 25.8 Å². The molecule has 1 atom stereocenters. The molecule has 0 aromatic carbocycles. The van der Waals surface area contributed by atoms with E-state index in [1.807, 2.05) is 11.6 Å². The number of rotatable bonds is 5. The van der Waals surface area contributed by atoms with Gasteiger partial charge in [-0.1, -0.05) is 27.2 Å². The fourth-order valence-electron chi connectivity index (χ4n) is 1.96. The maximum atomic E-state index is 6.07. The summed E-state index contributed by atoms with van der Waals surface area (Å²) in [6.07, 6.45) is 4.47. The quantitative estimate of drug-likeness (QED) is 0.810. The molecule has 0 saturated carbocycles. The van der Waals surface area contributed by atoms with Crippen LogP contribution in [0.15, 0.2) is 0 Å². The maximum absolute atomic E-state index is 6.07. The Morgan fingerprint density at radius 1 is 1.33 bits per heavy atom. The molecule has 0 aliphatic heterocycles. The zero-order valence-electron chi connectivity index (χ0n) is 10.4. The van der Waals surface area contributed by atoms with Gasteiger partial charge < -0.3 is 10.3 Å². The first-order chi connectivity index (χ1) is 7.11. The fourth-order valence-corrected chi connectivity index (χ4v) is 1.96. The number of imidazole rings is 1. The number of aromatic nitrogens is 2. The van der Waals surface area contributed by atoms with Gasteiger partial charge in [0.2, 0.25) is 0 Å². The minimum atomic E-state index is 0.479. The first-order valence-corrected chi connectivity index (χ1v) is 5.92. The predicted molar refractivity (Wildman–Crippen MR) is 64.9 cm³/mol. The molecule has 0 aliphatic carbocycles. The third-order valence-corrected chi connectivity index (χ3v) is 2.92. The van der Waals surface area contributed by atoms with Crippen molar-refractivity contribution in [3.63, 3.8) is 0 Å². The minimum absolute atomic E-state index is 0.479. The van der Waals surface area contributed by atoms with Gasteiger partial charge >= 0.3 is 0 Å². The van der Waals surface area contributed by atoms with Crippen molar-refractivity contribution in [2.45, 2.75) is 52.4 Å². The lowest BCUT2D eigenvalue weighted by Crippen LogP contribution is -2.03. The molecule has 2 N–H and O–H groups in total. The second-order valence-electron chi connectivity index (χ2n) is 4.30. The molecule has 1 rings (SSSR count). The van der Waals surface area contributed by atoms with Crippen molar-refractivity contribution in [1.82, 2.24) is 9.55 Å². The smallest absolute Gasteiger partial charge is 0.126 e. The summed E-state index contributed by atoms with van der Waals surface area (Å²) < 4.78 is 2.03. The summed E-state index contributed by atoms with van der Waals surface area (Å²) in [5.41, 5.74) is 7.15. The van der Waals surface area contributed by atoms with Crippen molar-refractivity contribution in [2.24, 2.45) is 7.05 Å². The first kappa shape index (κ1) is 12.1. The molecule has 1 unspecified atom stereocenters. The Balaban J connectivity index is 2.93. The first-order valence-electron chi connectivity index (χ1n) is 5.92. The second-order valence-corrected chi connectivity index (χ2v) is 4.30. The van der Waals surface area contributed by atoms with Gasteiger partial charge in [-0.15, -0.1) is 0 Å². The standard InChI is InChI=1S/C12H23N3/c1-5-7-9(3)11-12(13)15(4)10(14-11)8-6-2/h9H,5-8,13H2,1-4H3. The molecular weight excluding hydrogens is 186 g/mol. The molecule has 1 heterocycles. The fraction of sp³-hybridized carbons (Fsp3) is 0.750. The van der Waals surface area contributed by atoms with Crippen LogP contribution in [0, 0.1) is 0 Å². The second kappa shape index (κ2) is 5.19.